The van der Waals surface area contributed by atoms with Gasteiger partial charge in [0.2, 0.25) is 5.75 Å². The van der Waals surface area contributed by atoms with E-state index in [1.54, 1.807) is 21.3 Å². The smallest absolute Gasteiger partial charge is 0.203 e. The van der Waals surface area contributed by atoms with Gasteiger partial charge in [0.1, 0.15) is 0 Å². The van der Waals surface area contributed by atoms with Crippen LogP contribution in [0.25, 0.3) is 17.2 Å². The van der Waals surface area contributed by atoms with E-state index in [4.69, 9.17) is 14.2 Å². The van der Waals surface area contributed by atoms with Gasteiger partial charge in [0, 0.05) is 0 Å². The average molecular weight is 296 g/mol. The molecule has 0 heterocycles. The van der Waals surface area contributed by atoms with Gasteiger partial charge in [-0.3, -0.25) is 0 Å². The summed E-state index contributed by atoms with van der Waals surface area (Å²) in [5, 5.41) is 0. The predicted octanol–water partition coefficient (Wildman–Crippen LogP) is 4.34. The lowest BCUT2D eigenvalue weighted by Crippen LogP contribution is -1.96. The first-order valence-corrected chi connectivity index (χ1v) is 7.27. The molecule has 0 aliphatic heterocycles. The highest BCUT2D eigenvalue weighted by molar-refractivity contribution is 5.82. The fourth-order valence-corrected chi connectivity index (χ4v) is 3.02. The Morgan fingerprint density at radius 2 is 1.59 bits per heavy atom. The first kappa shape index (κ1) is 14.5. The molecule has 0 atom stereocenters. The quantitative estimate of drug-likeness (QED) is 0.840. The van der Waals surface area contributed by atoms with Crippen molar-refractivity contribution in [2.24, 2.45) is 0 Å². The highest BCUT2D eigenvalue weighted by Crippen LogP contribution is 2.43. The summed E-state index contributed by atoms with van der Waals surface area (Å²) in [4.78, 5) is 0. The zero-order valence-electron chi connectivity index (χ0n) is 13.4. The lowest BCUT2D eigenvalue weighted by atomic mass is 9.96. The molecule has 0 bridgehead atoms. The molecule has 0 fully saturated rings. The van der Waals surface area contributed by atoms with Crippen LogP contribution in [0.5, 0.6) is 17.2 Å². The van der Waals surface area contributed by atoms with E-state index in [0.717, 1.165) is 12.0 Å². The maximum absolute atomic E-state index is 5.46. The Hall–Kier alpha value is -2.42. The third-order valence-corrected chi connectivity index (χ3v) is 4.03. The number of ether oxygens (including phenoxy) is 3. The van der Waals surface area contributed by atoms with Crippen molar-refractivity contribution in [3.63, 3.8) is 0 Å². The van der Waals surface area contributed by atoms with Gasteiger partial charge in [-0.1, -0.05) is 29.8 Å². The number of rotatable bonds is 4. The van der Waals surface area contributed by atoms with Crippen LogP contribution < -0.4 is 14.2 Å². The summed E-state index contributed by atoms with van der Waals surface area (Å²) < 4.78 is 16.3. The molecule has 22 heavy (non-hydrogen) atoms. The van der Waals surface area contributed by atoms with Crippen LogP contribution >= 0.6 is 0 Å². The molecule has 1 aliphatic rings. The van der Waals surface area contributed by atoms with Crippen LogP contribution in [-0.2, 0) is 6.42 Å². The second-order valence-electron chi connectivity index (χ2n) is 5.46. The standard InChI is InChI=1S/C19H20O3/c1-12-8-13-6-5-7-15(16(13)9-12)14-10-17(20-2)19(22-4)18(11-14)21-3/h5-7,9-11H,8H2,1-4H3. The Bertz CT molecular complexity index is 719. The molecule has 0 aromatic heterocycles. The van der Waals surface area contributed by atoms with E-state index in [1.807, 2.05) is 12.1 Å². The molecule has 0 N–H and O–H groups in total. The molecule has 0 saturated heterocycles. The van der Waals surface area contributed by atoms with E-state index < -0.39 is 0 Å². The summed E-state index contributed by atoms with van der Waals surface area (Å²) in [7, 11) is 4.90. The topological polar surface area (TPSA) is 27.7 Å². The van der Waals surface area contributed by atoms with Crippen LogP contribution in [0.1, 0.15) is 18.1 Å². The van der Waals surface area contributed by atoms with E-state index in [2.05, 4.69) is 31.2 Å². The monoisotopic (exact) mass is 296 g/mol. The van der Waals surface area contributed by atoms with Crippen molar-refractivity contribution in [1.82, 2.24) is 0 Å². The number of allylic oxidation sites excluding steroid dienone is 1. The van der Waals surface area contributed by atoms with Gasteiger partial charge in [0.25, 0.3) is 0 Å². The highest BCUT2D eigenvalue weighted by Gasteiger charge is 2.18. The second-order valence-corrected chi connectivity index (χ2v) is 5.46. The SMILES string of the molecule is COc1cc(-c2cccc3c2C=C(C)C3)cc(OC)c1OC. The van der Waals surface area contributed by atoms with Crippen LogP contribution in [0.4, 0.5) is 0 Å². The summed E-state index contributed by atoms with van der Waals surface area (Å²) in [5.41, 5.74) is 6.29. The summed E-state index contributed by atoms with van der Waals surface area (Å²) in [5.74, 6) is 1.97. The van der Waals surface area contributed by atoms with E-state index in [0.29, 0.717) is 17.2 Å². The van der Waals surface area contributed by atoms with E-state index in [9.17, 15) is 0 Å². The largest absolute Gasteiger partial charge is 0.493 e. The maximum Gasteiger partial charge on any atom is 0.203 e. The Morgan fingerprint density at radius 1 is 0.909 bits per heavy atom. The molecule has 2 aromatic carbocycles. The Labute approximate surface area is 131 Å². The van der Waals surface area contributed by atoms with Crippen molar-refractivity contribution in [3.05, 3.63) is 47.0 Å². The van der Waals surface area contributed by atoms with E-state index in [-0.39, 0.29) is 0 Å². The average Bonchev–Trinajstić information content (AvgIpc) is 2.93. The molecule has 3 rings (SSSR count). The molecule has 0 saturated carbocycles. The molecular formula is C19H20O3. The number of hydrogen-bond donors (Lipinski definition) is 0. The van der Waals surface area contributed by atoms with Crippen molar-refractivity contribution in [2.75, 3.05) is 21.3 Å². The highest BCUT2D eigenvalue weighted by atomic mass is 16.5. The molecule has 0 amide bonds. The zero-order chi connectivity index (χ0) is 15.7. The van der Waals surface area contributed by atoms with Crippen molar-refractivity contribution >= 4 is 6.08 Å². The van der Waals surface area contributed by atoms with Gasteiger partial charge in [-0.25, -0.2) is 0 Å². The van der Waals surface area contributed by atoms with E-state index in [1.165, 1.54) is 22.3 Å². The predicted molar refractivity (Wildman–Crippen MR) is 88.9 cm³/mol. The summed E-state index contributed by atoms with van der Waals surface area (Å²) in [6.45, 7) is 2.17. The van der Waals surface area contributed by atoms with Gasteiger partial charge in [0.15, 0.2) is 11.5 Å². The summed E-state index contributed by atoms with van der Waals surface area (Å²) in [6, 6.07) is 10.4. The van der Waals surface area contributed by atoms with Crippen LogP contribution in [0.15, 0.2) is 35.9 Å². The summed E-state index contributed by atoms with van der Waals surface area (Å²) in [6.07, 6.45) is 3.28. The lowest BCUT2D eigenvalue weighted by molar-refractivity contribution is 0.324. The first-order valence-electron chi connectivity index (χ1n) is 7.27. The number of fused-ring (bicyclic) bond motifs is 1. The Balaban J connectivity index is 2.20. The molecule has 0 radical (unpaired) electrons. The lowest BCUT2D eigenvalue weighted by Gasteiger charge is -2.15. The van der Waals surface area contributed by atoms with Crippen LogP contribution in [-0.4, -0.2) is 21.3 Å². The first-order chi connectivity index (χ1) is 10.7. The minimum atomic E-state index is 0.619. The zero-order valence-corrected chi connectivity index (χ0v) is 13.4. The van der Waals surface area contributed by atoms with Gasteiger partial charge in [-0.05, 0) is 47.7 Å². The fraction of sp³-hybridized carbons (Fsp3) is 0.263. The molecule has 3 heteroatoms. The van der Waals surface area contributed by atoms with Gasteiger partial charge in [0.05, 0.1) is 21.3 Å². The normalized spacial score (nSPS) is 12.6. The molecule has 0 unspecified atom stereocenters. The van der Waals surface area contributed by atoms with Crippen molar-refractivity contribution in [2.45, 2.75) is 13.3 Å². The van der Waals surface area contributed by atoms with E-state index >= 15 is 0 Å². The van der Waals surface area contributed by atoms with Crippen LogP contribution in [0.2, 0.25) is 0 Å². The molecule has 0 spiro atoms. The van der Waals surface area contributed by atoms with Gasteiger partial charge < -0.3 is 14.2 Å². The molecule has 114 valence electrons. The molecule has 1 aliphatic carbocycles. The number of hydrogen-bond acceptors (Lipinski definition) is 3. The molecule has 2 aromatic rings. The fourth-order valence-electron chi connectivity index (χ4n) is 3.02. The van der Waals surface area contributed by atoms with Gasteiger partial charge in [-0.2, -0.15) is 0 Å². The summed E-state index contributed by atoms with van der Waals surface area (Å²) >= 11 is 0. The van der Waals surface area contributed by atoms with Gasteiger partial charge >= 0.3 is 0 Å². The second kappa shape index (κ2) is 5.76. The number of methoxy groups -OCH3 is 3. The van der Waals surface area contributed by atoms with Crippen molar-refractivity contribution < 1.29 is 14.2 Å². The van der Waals surface area contributed by atoms with Gasteiger partial charge in [-0.15, -0.1) is 0 Å². The third-order valence-electron chi connectivity index (χ3n) is 4.03. The number of benzene rings is 2. The molecular weight excluding hydrogens is 276 g/mol. The van der Waals surface area contributed by atoms with Crippen molar-refractivity contribution in [1.29, 1.82) is 0 Å². The minimum Gasteiger partial charge on any atom is -0.493 e. The third kappa shape index (κ3) is 2.33. The minimum absolute atomic E-state index is 0.619. The van der Waals surface area contributed by atoms with Crippen LogP contribution in [0, 0.1) is 0 Å². The van der Waals surface area contributed by atoms with Crippen LogP contribution in [0.3, 0.4) is 0 Å². The molecule has 3 nitrogen and oxygen atoms in total. The Morgan fingerprint density at radius 3 is 2.18 bits per heavy atom. The maximum atomic E-state index is 5.46. The Kier molecular flexibility index (Phi) is 3.80. The van der Waals surface area contributed by atoms with Crippen molar-refractivity contribution in [3.8, 4) is 28.4 Å².